The standard InChI is InChI=1S/C14H17BrINO2/c1-19-7-6-14(4-5-14)9-17-13(18)11-8-10(16)2-3-12(11)15/h2-3,8H,4-7,9H2,1H3,(H,17,18). The Labute approximate surface area is 135 Å². The second-order valence-electron chi connectivity index (χ2n) is 5.05. The highest BCUT2D eigenvalue weighted by atomic mass is 127. The average molecular weight is 438 g/mol. The van der Waals surface area contributed by atoms with Crippen LogP contribution in [0.2, 0.25) is 0 Å². The van der Waals surface area contributed by atoms with Crippen molar-refractivity contribution in [2.45, 2.75) is 19.3 Å². The van der Waals surface area contributed by atoms with Crippen LogP contribution in [0.25, 0.3) is 0 Å². The predicted octanol–water partition coefficient (Wildman–Crippen LogP) is 3.60. The maximum Gasteiger partial charge on any atom is 0.252 e. The van der Waals surface area contributed by atoms with Gasteiger partial charge in [0.25, 0.3) is 5.91 Å². The molecule has 1 aliphatic carbocycles. The summed E-state index contributed by atoms with van der Waals surface area (Å²) < 4.78 is 7.02. The van der Waals surface area contributed by atoms with Crippen LogP contribution >= 0.6 is 38.5 Å². The maximum atomic E-state index is 12.2. The van der Waals surface area contributed by atoms with Crippen LogP contribution in [-0.2, 0) is 4.74 Å². The fourth-order valence-electron chi connectivity index (χ4n) is 2.05. The Morgan fingerprint density at radius 3 is 2.89 bits per heavy atom. The van der Waals surface area contributed by atoms with Crippen molar-refractivity contribution in [3.05, 3.63) is 31.8 Å². The first-order valence-corrected chi connectivity index (χ1v) is 8.16. The third-order valence-electron chi connectivity index (χ3n) is 3.59. The second kappa shape index (κ2) is 6.54. The van der Waals surface area contributed by atoms with E-state index in [1.807, 2.05) is 18.2 Å². The largest absolute Gasteiger partial charge is 0.385 e. The van der Waals surface area contributed by atoms with Gasteiger partial charge in [-0.2, -0.15) is 0 Å². The van der Waals surface area contributed by atoms with Crippen molar-refractivity contribution >= 4 is 44.4 Å². The summed E-state index contributed by atoms with van der Waals surface area (Å²) in [6.07, 6.45) is 3.39. The SMILES string of the molecule is COCCC1(CNC(=O)c2cc(I)ccc2Br)CC1. The lowest BCUT2D eigenvalue weighted by atomic mass is 10.0. The lowest BCUT2D eigenvalue weighted by molar-refractivity contribution is 0.0937. The Bertz CT molecular complexity index is 475. The van der Waals surface area contributed by atoms with E-state index in [9.17, 15) is 4.79 Å². The highest BCUT2D eigenvalue weighted by molar-refractivity contribution is 14.1. The first-order valence-electron chi connectivity index (χ1n) is 6.28. The van der Waals surface area contributed by atoms with Gasteiger partial charge in [0, 0.05) is 28.3 Å². The second-order valence-corrected chi connectivity index (χ2v) is 7.15. The highest BCUT2D eigenvalue weighted by Crippen LogP contribution is 2.48. The van der Waals surface area contributed by atoms with Crippen molar-refractivity contribution in [2.75, 3.05) is 20.3 Å². The highest BCUT2D eigenvalue weighted by Gasteiger charge is 2.42. The van der Waals surface area contributed by atoms with Gasteiger partial charge >= 0.3 is 0 Å². The quantitative estimate of drug-likeness (QED) is 0.690. The molecule has 1 saturated carbocycles. The number of benzene rings is 1. The molecular weight excluding hydrogens is 421 g/mol. The van der Waals surface area contributed by atoms with Crippen molar-refractivity contribution in [1.29, 1.82) is 0 Å². The van der Waals surface area contributed by atoms with Crippen LogP contribution in [0.15, 0.2) is 22.7 Å². The number of ether oxygens (including phenoxy) is 1. The molecular formula is C14H17BrINO2. The van der Waals surface area contributed by atoms with E-state index in [1.165, 1.54) is 12.8 Å². The van der Waals surface area contributed by atoms with Crippen LogP contribution in [0.5, 0.6) is 0 Å². The van der Waals surface area contributed by atoms with E-state index >= 15 is 0 Å². The van der Waals surface area contributed by atoms with Gasteiger partial charge in [0.15, 0.2) is 0 Å². The first-order chi connectivity index (χ1) is 9.06. The van der Waals surface area contributed by atoms with E-state index < -0.39 is 0 Å². The Balaban J connectivity index is 1.93. The van der Waals surface area contributed by atoms with E-state index in [0.717, 1.165) is 27.6 Å². The van der Waals surface area contributed by atoms with E-state index in [0.29, 0.717) is 5.56 Å². The van der Waals surface area contributed by atoms with E-state index in [4.69, 9.17) is 4.74 Å². The van der Waals surface area contributed by atoms with Crippen LogP contribution in [-0.4, -0.2) is 26.2 Å². The van der Waals surface area contributed by atoms with Crippen LogP contribution < -0.4 is 5.32 Å². The van der Waals surface area contributed by atoms with E-state index in [1.54, 1.807) is 7.11 Å². The van der Waals surface area contributed by atoms with Gasteiger partial charge in [-0.05, 0) is 81.4 Å². The average Bonchev–Trinajstić information content (AvgIpc) is 3.17. The zero-order valence-corrected chi connectivity index (χ0v) is 14.6. The van der Waals surface area contributed by atoms with Crippen LogP contribution in [0.3, 0.4) is 0 Å². The topological polar surface area (TPSA) is 38.3 Å². The summed E-state index contributed by atoms with van der Waals surface area (Å²) >= 11 is 5.64. The summed E-state index contributed by atoms with van der Waals surface area (Å²) in [7, 11) is 1.72. The molecule has 1 amide bonds. The van der Waals surface area contributed by atoms with Gasteiger partial charge in [0.1, 0.15) is 0 Å². The lowest BCUT2D eigenvalue weighted by Crippen LogP contribution is -2.31. The van der Waals surface area contributed by atoms with Crippen molar-refractivity contribution < 1.29 is 9.53 Å². The third kappa shape index (κ3) is 4.16. The molecule has 1 fully saturated rings. The normalized spacial score (nSPS) is 16.2. The van der Waals surface area contributed by atoms with Gasteiger partial charge < -0.3 is 10.1 Å². The number of carbonyl (C=O) groups is 1. The van der Waals surface area contributed by atoms with Gasteiger partial charge in [-0.3, -0.25) is 4.79 Å². The van der Waals surface area contributed by atoms with E-state index in [-0.39, 0.29) is 11.3 Å². The molecule has 1 aliphatic rings. The minimum Gasteiger partial charge on any atom is -0.385 e. The monoisotopic (exact) mass is 437 g/mol. The Kier molecular flexibility index (Phi) is 5.25. The molecule has 5 heteroatoms. The number of halogens is 2. The van der Waals surface area contributed by atoms with Gasteiger partial charge in [-0.1, -0.05) is 0 Å². The molecule has 0 saturated heterocycles. The fraction of sp³-hybridized carbons (Fsp3) is 0.500. The van der Waals surface area contributed by atoms with Crippen LogP contribution in [0, 0.1) is 8.99 Å². The first kappa shape index (κ1) is 15.3. The van der Waals surface area contributed by atoms with Crippen molar-refractivity contribution in [1.82, 2.24) is 5.32 Å². The summed E-state index contributed by atoms with van der Waals surface area (Å²) in [5.41, 5.74) is 0.981. The summed E-state index contributed by atoms with van der Waals surface area (Å²) in [6.45, 7) is 1.51. The molecule has 0 unspecified atom stereocenters. The van der Waals surface area contributed by atoms with E-state index in [2.05, 4.69) is 43.8 Å². The van der Waals surface area contributed by atoms with Crippen molar-refractivity contribution in [3.8, 4) is 0 Å². The number of hydrogen-bond acceptors (Lipinski definition) is 2. The fourth-order valence-corrected chi connectivity index (χ4v) is 2.96. The minimum absolute atomic E-state index is 0.00548. The molecule has 19 heavy (non-hydrogen) atoms. The Morgan fingerprint density at radius 1 is 1.53 bits per heavy atom. The summed E-state index contributed by atoms with van der Waals surface area (Å²) in [4.78, 5) is 12.2. The smallest absolute Gasteiger partial charge is 0.252 e. The molecule has 104 valence electrons. The van der Waals surface area contributed by atoms with Gasteiger partial charge in [-0.15, -0.1) is 0 Å². The Morgan fingerprint density at radius 2 is 2.26 bits per heavy atom. The van der Waals surface area contributed by atoms with Crippen molar-refractivity contribution in [3.63, 3.8) is 0 Å². The van der Waals surface area contributed by atoms with Crippen LogP contribution in [0.1, 0.15) is 29.6 Å². The molecule has 1 aromatic rings. The third-order valence-corrected chi connectivity index (χ3v) is 4.95. The number of hydrogen-bond donors (Lipinski definition) is 1. The van der Waals surface area contributed by atoms with Gasteiger partial charge in [0.2, 0.25) is 0 Å². The number of carbonyl (C=O) groups excluding carboxylic acids is 1. The summed E-state index contributed by atoms with van der Waals surface area (Å²) in [5, 5.41) is 3.05. The Hall–Kier alpha value is -0.140. The maximum absolute atomic E-state index is 12.2. The zero-order chi connectivity index (χ0) is 13.9. The molecule has 0 spiro atoms. The zero-order valence-electron chi connectivity index (χ0n) is 10.8. The number of rotatable bonds is 6. The lowest BCUT2D eigenvalue weighted by Gasteiger charge is -2.16. The predicted molar refractivity (Wildman–Crippen MR) is 87.4 cm³/mol. The molecule has 0 aliphatic heterocycles. The van der Waals surface area contributed by atoms with Crippen molar-refractivity contribution in [2.24, 2.45) is 5.41 Å². The molecule has 0 bridgehead atoms. The molecule has 3 nitrogen and oxygen atoms in total. The minimum atomic E-state index is -0.00548. The molecule has 0 heterocycles. The number of nitrogens with one attached hydrogen (secondary N) is 1. The number of amides is 1. The molecule has 0 radical (unpaired) electrons. The van der Waals surface area contributed by atoms with Gasteiger partial charge in [0.05, 0.1) is 5.56 Å². The molecule has 2 rings (SSSR count). The molecule has 1 N–H and O–H groups in total. The van der Waals surface area contributed by atoms with Crippen LogP contribution in [0.4, 0.5) is 0 Å². The number of methoxy groups -OCH3 is 1. The molecule has 1 aromatic carbocycles. The van der Waals surface area contributed by atoms with Gasteiger partial charge in [-0.25, -0.2) is 0 Å². The summed E-state index contributed by atoms with van der Waals surface area (Å²) in [6, 6.07) is 5.78. The summed E-state index contributed by atoms with van der Waals surface area (Å²) in [5.74, 6) is -0.00548. The molecule has 0 aromatic heterocycles. The molecule has 0 atom stereocenters.